The Hall–Kier alpha value is -1.08. The average Bonchev–Trinajstić information content (AvgIpc) is 2.31. The van der Waals surface area contributed by atoms with Crippen molar-refractivity contribution in [3.63, 3.8) is 0 Å². The third-order valence-electron chi connectivity index (χ3n) is 2.49. The fraction of sp³-hybridized carbons (Fsp3) is 0.200. The van der Waals surface area contributed by atoms with Crippen molar-refractivity contribution in [3.8, 4) is 0 Å². The molecule has 0 atom stereocenters. The van der Waals surface area contributed by atoms with Crippen molar-refractivity contribution in [3.05, 3.63) is 64.7 Å². The maximum absolute atomic E-state index is 3.76. The standard InChI is InChI=1S/C15H17Br/c1-4-7-12(5-2)15(6-3)13-8-10-14(16)11-9-13/h4,6-11H,1,5H2,2-3H3/b12-7-,15-6+. The molecule has 16 heavy (non-hydrogen) atoms. The Balaban J connectivity index is 3.12. The summed E-state index contributed by atoms with van der Waals surface area (Å²) in [6.07, 6.45) is 7.10. The fourth-order valence-corrected chi connectivity index (χ4v) is 1.97. The van der Waals surface area contributed by atoms with Crippen molar-refractivity contribution in [2.24, 2.45) is 0 Å². The van der Waals surface area contributed by atoms with Crippen LogP contribution in [-0.4, -0.2) is 0 Å². The highest BCUT2D eigenvalue weighted by Crippen LogP contribution is 2.26. The second-order valence-corrected chi connectivity index (χ2v) is 4.41. The zero-order valence-electron chi connectivity index (χ0n) is 9.83. The van der Waals surface area contributed by atoms with Gasteiger partial charge in [-0.15, -0.1) is 0 Å². The summed E-state index contributed by atoms with van der Waals surface area (Å²) in [5, 5.41) is 0. The lowest BCUT2D eigenvalue weighted by atomic mass is 9.95. The lowest BCUT2D eigenvalue weighted by Gasteiger charge is -2.10. The quantitative estimate of drug-likeness (QED) is 0.648. The lowest BCUT2D eigenvalue weighted by Crippen LogP contribution is -1.88. The normalized spacial score (nSPS) is 12.7. The van der Waals surface area contributed by atoms with Crippen LogP contribution in [0.2, 0.25) is 0 Å². The third kappa shape index (κ3) is 3.21. The van der Waals surface area contributed by atoms with Crippen LogP contribution in [0.25, 0.3) is 5.57 Å². The van der Waals surface area contributed by atoms with Crippen LogP contribution < -0.4 is 0 Å². The molecular weight excluding hydrogens is 260 g/mol. The van der Waals surface area contributed by atoms with Gasteiger partial charge in [0.25, 0.3) is 0 Å². The molecule has 84 valence electrons. The number of hydrogen-bond acceptors (Lipinski definition) is 0. The van der Waals surface area contributed by atoms with Gasteiger partial charge in [-0.2, -0.15) is 0 Å². The summed E-state index contributed by atoms with van der Waals surface area (Å²) < 4.78 is 1.11. The molecule has 0 amide bonds. The van der Waals surface area contributed by atoms with E-state index in [1.54, 1.807) is 0 Å². The molecule has 0 aliphatic heterocycles. The van der Waals surface area contributed by atoms with Crippen molar-refractivity contribution < 1.29 is 0 Å². The largest absolute Gasteiger partial charge is 0.0991 e. The summed E-state index contributed by atoms with van der Waals surface area (Å²) in [5.41, 5.74) is 3.86. The van der Waals surface area contributed by atoms with E-state index in [0.717, 1.165) is 10.9 Å². The van der Waals surface area contributed by atoms with Crippen molar-refractivity contribution in [2.75, 3.05) is 0 Å². The fourth-order valence-electron chi connectivity index (χ4n) is 1.71. The van der Waals surface area contributed by atoms with Crippen LogP contribution in [0.1, 0.15) is 25.8 Å². The zero-order chi connectivity index (χ0) is 12.0. The monoisotopic (exact) mass is 276 g/mol. The first kappa shape index (κ1) is 13.0. The minimum absolute atomic E-state index is 1.02. The Kier molecular flexibility index (Phi) is 5.27. The van der Waals surface area contributed by atoms with Crippen molar-refractivity contribution in [2.45, 2.75) is 20.3 Å². The van der Waals surface area contributed by atoms with E-state index in [1.807, 2.05) is 6.08 Å². The number of allylic oxidation sites excluding steroid dienone is 5. The molecule has 1 rings (SSSR count). The van der Waals surface area contributed by atoms with Crippen LogP contribution in [0.3, 0.4) is 0 Å². The van der Waals surface area contributed by atoms with Gasteiger partial charge in [0.2, 0.25) is 0 Å². The van der Waals surface area contributed by atoms with Crippen LogP contribution in [0.4, 0.5) is 0 Å². The molecule has 1 aromatic carbocycles. The lowest BCUT2D eigenvalue weighted by molar-refractivity contribution is 1.15. The summed E-state index contributed by atoms with van der Waals surface area (Å²) >= 11 is 3.45. The first-order chi connectivity index (χ1) is 7.72. The molecule has 0 heterocycles. The van der Waals surface area contributed by atoms with Gasteiger partial charge in [-0.3, -0.25) is 0 Å². The molecule has 0 aromatic heterocycles. The van der Waals surface area contributed by atoms with Gasteiger partial charge in [0.15, 0.2) is 0 Å². The van der Waals surface area contributed by atoms with E-state index in [2.05, 4.69) is 72.8 Å². The number of halogens is 1. The van der Waals surface area contributed by atoms with E-state index in [4.69, 9.17) is 0 Å². The maximum atomic E-state index is 3.76. The van der Waals surface area contributed by atoms with Gasteiger partial charge in [-0.1, -0.05) is 59.8 Å². The molecule has 0 aliphatic carbocycles. The summed E-state index contributed by atoms with van der Waals surface area (Å²) in [7, 11) is 0. The highest BCUT2D eigenvalue weighted by atomic mass is 79.9. The van der Waals surface area contributed by atoms with Gasteiger partial charge in [0.05, 0.1) is 0 Å². The first-order valence-corrected chi connectivity index (χ1v) is 6.26. The number of rotatable bonds is 4. The minimum atomic E-state index is 1.02. The predicted molar refractivity (Wildman–Crippen MR) is 76.4 cm³/mol. The van der Waals surface area contributed by atoms with Gasteiger partial charge in [0, 0.05) is 4.47 Å². The van der Waals surface area contributed by atoms with Crippen LogP contribution in [-0.2, 0) is 0 Å². The van der Waals surface area contributed by atoms with Crippen molar-refractivity contribution in [1.82, 2.24) is 0 Å². The molecule has 0 saturated carbocycles. The SMILES string of the molecule is C=C/C=C(CC)\C(=C/C)c1ccc(Br)cc1. The molecule has 1 heteroatoms. The Labute approximate surface area is 107 Å². The molecule has 0 spiro atoms. The smallest absolute Gasteiger partial charge is 0.0175 e. The van der Waals surface area contributed by atoms with Gasteiger partial charge in [-0.25, -0.2) is 0 Å². The zero-order valence-corrected chi connectivity index (χ0v) is 11.4. The van der Waals surface area contributed by atoms with E-state index in [9.17, 15) is 0 Å². The van der Waals surface area contributed by atoms with Crippen LogP contribution in [0, 0.1) is 0 Å². The summed E-state index contributed by atoms with van der Waals surface area (Å²) in [5.74, 6) is 0. The Bertz CT molecular complexity index is 408. The van der Waals surface area contributed by atoms with E-state index in [1.165, 1.54) is 16.7 Å². The Morgan fingerprint density at radius 1 is 1.31 bits per heavy atom. The Morgan fingerprint density at radius 2 is 1.94 bits per heavy atom. The summed E-state index contributed by atoms with van der Waals surface area (Å²) in [6.45, 7) is 8.00. The summed E-state index contributed by atoms with van der Waals surface area (Å²) in [6, 6.07) is 8.40. The molecule has 0 fully saturated rings. The molecule has 1 aromatic rings. The molecule has 0 radical (unpaired) electrons. The molecule has 0 aliphatic rings. The van der Waals surface area contributed by atoms with Crippen LogP contribution in [0.15, 0.2) is 59.1 Å². The predicted octanol–water partition coefficient (Wildman–Crippen LogP) is 5.37. The van der Waals surface area contributed by atoms with Crippen molar-refractivity contribution >= 4 is 21.5 Å². The molecule has 0 bridgehead atoms. The molecule has 0 N–H and O–H groups in total. The molecular formula is C15H17Br. The molecule has 0 saturated heterocycles. The van der Waals surface area contributed by atoms with Crippen molar-refractivity contribution in [1.29, 1.82) is 0 Å². The van der Waals surface area contributed by atoms with Gasteiger partial charge >= 0.3 is 0 Å². The average molecular weight is 277 g/mol. The molecule has 0 unspecified atom stereocenters. The minimum Gasteiger partial charge on any atom is -0.0991 e. The van der Waals surface area contributed by atoms with E-state index < -0.39 is 0 Å². The third-order valence-corrected chi connectivity index (χ3v) is 3.02. The highest BCUT2D eigenvalue weighted by molar-refractivity contribution is 9.10. The molecule has 0 nitrogen and oxygen atoms in total. The number of hydrogen-bond donors (Lipinski definition) is 0. The number of benzene rings is 1. The maximum Gasteiger partial charge on any atom is 0.0175 e. The second-order valence-electron chi connectivity index (χ2n) is 3.49. The van der Waals surface area contributed by atoms with Gasteiger partial charge < -0.3 is 0 Å². The summed E-state index contributed by atoms with van der Waals surface area (Å²) in [4.78, 5) is 0. The van der Waals surface area contributed by atoms with Gasteiger partial charge in [0.1, 0.15) is 0 Å². The van der Waals surface area contributed by atoms with Crippen LogP contribution in [0.5, 0.6) is 0 Å². The first-order valence-electron chi connectivity index (χ1n) is 5.47. The van der Waals surface area contributed by atoms with E-state index in [0.29, 0.717) is 0 Å². The van der Waals surface area contributed by atoms with E-state index >= 15 is 0 Å². The Morgan fingerprint density at radius 3 is 2.38 bits per heavy atom. The second kappa shape index (κ2) is 6.49. The highest BCUT2D eigenvalue weighted by Gasteiger charge is 2.04. The van der Waals surface area contributed by atoms with Gasteiger partial charge in [-0.05, 0) is 42.2 Å². The van der Waals surface area contributed by atoms with E-state index in [-0.39, 0.29) is 0 Å². The topological polar surface area (TPSA) is 0 Å². The van der Waals surface area contributed by atoms with Crippen LogP contribution >= 0.6 is 15.9 Å².